The third-order valence-corrected chi connectivity index (χ3v) is 7.22. The van der Waals surface area contributed by atoms with Crippen molar-refractivity contribution in [1.29, 1.82) is 0 Å². The first-order valence-corrected chi connectivity index (χ1v) is 11.7. The Hall–Kier alpha value is -2.69. The van der Waals surface area contributed by atoms with E-state index in [-0.39, 0.29) is 29.8 Å². The first-order valence-electron chi connectivity index (χ1n) is 10.3. The van der Waals surface area contributed by atoms with E-state index in [4.69, 9.17) is 9.15 Å². The molecule has 2 aromatic rings. The van der Waals surface area contributed by atoms with Crippen molar-refractivity contribution in [2.24, 2.45) is 0 Å². The summed E-state index contributed by atoms with van der Waals surface area (Å²) in [6.45, 7) is 2.12. The second-order valence-corrected chi connectivity index (χ2v) is 9.38. The highest BCUT2D eigenvalue weighted by atomic mass is 32.2. The quantitative estimate of drug-likeness (QED) is 0.687. The Bertz CT molecular complexity index is 1030. The van der Waals surface area contributed by atoms with Crippen LogP contribution >= 0.6 is 0 Å². The molecule has 0 unspecified atom stereocenters. The number of morpholine rings is 1. The molecule has 2 saturated heterocycles. The maximum atomic E-state index is 12.9. The third kappa shape index (κ3) is 4.81. The summed E-state index contributed by atoms with van der Waals surface area (Å²) in [5.74, 6) is -0.573. The van der Waals surface area contributed by atoms with Gasteiger partial charge in [0, 0.05) is 32.6 Å². The van der Waals surface area contributed by atoms with E-state index in [1.165, 1.54) is 16.4 Å². The van der Waals surface area contributed by atoms with Crippen molar-refractivity contribution in [2.45, 2.75) is 24.0 Å². The highest BCUT2D eigenvalue weighted by Crippen LogP contribution is 2.22. The summed E-state index contributed by atoms with van der Waals surface area (Å²) < 4.78 is 37.4. The van der Waals surface area contributed by atoms with Crippen LogP contribution in [-0.4, -0.2) is 68.8 Å². The molecule has 4 rings (SSSR count). The number of carbonyl (C=O) groups excluding carboxylic acids is 2. The largest absolute Gasteiger partial charge is 0.438 e. The lowest BCUT2D eigenvalue weighted by Crippen LogP contribution is -2.40. The molecule has 0 bridgehead atoms. The van der Waals surface area contributed by atoms with Crippen molar-refractivity contribution in [3.05, 3.63) is 53.8 Å². The van der Waals surface area contributed by atoms with Crippen LogP contribution in [-0.2, 0) is 19.6 Å². The highest BCUT2D eigenvalue weighted by Gasteiger charge is 2.31. The summed E-state index contributed by atoms with van der Waals surface area (Å²) in [7, 11) is -3.83. The molecule has 2 aliphatic rings. The SMILES string of the molecule is O=C(N[C@H](CN1CCCC1=O)c1ccccc1)c1ccc(S(=O)(=O)N2CCOCC2)o1. The van der Waals surface area contributed by atoms with Gasteiger partial charge in [-0.2, -0.15) is 4.31 Å². The summed E-state index contributed by atoms with van der Waals surface area (Å²) in [6, 6.07) is 11.6. The van der Waals surface area contributed by atoms with E-state index in [0.29, 0.717) is 32.7 Å². The van der Waals surface area contributed by atoms with Crippen molar-refractivity contribution < 1.29 is 27.2 Å². The number of benzene rings is 1. The van der Waals surface area contributed by atoms with E-state index in [1.54, 1.807) is 4.90 Å². The van der Waals surface area contributed by atoms with Crippen molar-refractivity contribution in [1.82, 2.24) is 14.5 Å². The summed E-state index contributed by atoms with van der Waals surface area (Å²) in [6.07, 6.45) is 1.31. The maximum Gasteiger partial charge on any atom is 0.287 e. The van der Waals surface area contributed by atoms with Gasteiger partial charge >= 0.3 is 0 Å². The van der Waals surface area contributed by atoms with Gasteiger partial charge in [-0.15, -0.1) is 0 Å². The van der Waals surface area contributed by atoms with Crippen LogP contribution in [0.2, 0.25) is 0 Å². The maximum absolute atomic E-state index is 12.9. The number of sulfonamides is 1. The molecule has 2 aliphatic heterocycles. The Morgan fingerprint density at radius 3 is 2.48 bits per heavy atom. The molecule has 2 amide bonds. The van der Waals surface area contributed by atoms with E-state index in [2.05, 4.69) is 5.32 Å². The van der Waals surface area contributed by atoms with Crippen LogP contribution in [0.5, 0.6) is 0 Å². The minimum absolute atomic E-state index is 0.0621. The number of hydrogen-bond acceptors (Lipinski definition) is 6. The van der Waals surface area contributed by atoms with Gasteiger partial charge in [-0.3, -0.25) is 9.59 Å². The van der Waals surface area contributed by atoms with Gasteiger partial charge in [-0.25, -0.2) is 8.42 Å². The van der Waals surface area contributed by atoms with Gasteiger partial charge in [0.25, 0.3) is 15.9 Å². The predicted molar refractivity (Wildman–Crippen MR) is 111 cm³/mol. The van der Waals surface area contributed by atoms with Gasteiger partial charge in [-0.1, -0.05) is 30.3 Å². The van der Waals surface area contributed by atoms with Crippen LogP contribution in [0, 0.1) is 0 Å². The first-order chi connectivity index (χ1) is 14.9. The summed E-state index contributed by atoms with van der Waals surface area (Å²) in [5, 5.41) is 2.61. The summed E-state index contributed by atoms with van der Waals surface area (Å²) in [4.78, 5) is 26.7. The van der Waals surface area contributed by atoms with Crippen LogP contribution in [0.1, 0.15) is 35.0 Å². The Morgan fingerprint density at radius 1 is 1.06 bits per heavy atom. The van der Waals surface area contributed by atoms with Crippen LogP contribution in [0.15, 0.2) is 52.0 Å². The van der Waals surface area contributed by atoms with E-state index in [1.807, 2.05) is 30.3 Å². The fourth-order valence-corrected chi connectivity index (χ4v) is 5.08. The molecule has 1 atom stereocenters. The van der Waals surface area contributed by atoms with Gasteiger partial charge in [0.1, 0.15) is 0 Å². The molecule has 1 aromatic heterocycles. The van der Waals surface area contributed by atoms with Crippen LogP contribution in [0.3, 0.4) is 0 Å². The van der Waals surface area contributed by atoms with E-state index in [9.17, 15) is 18.0 Å². The van der Waals surface area contributed by atoms with Gasteiger partial charge in [-0.05, 0) is 24.1 Å². The number of amides is 2. The highest BCUT2D eigenvalue weighted by molar-refractivity contribution is 7.89. The molecular weight excluding hydrogens is 422 g/mol. The second-order valence-electron chi connectivity index (χ2n) is 7.52. The summed E-state index contributed by atoms with van der Waals surface area (Å²) in [5.41, 5.74) is 0.850. The van der Waals surface area contributed by atoms with Crippen LogP contribution < -0.4 is 5.32 Å². The lowest BCUT2D eigenvalue weighted by Gasteiger charge is -2.25. The Kier molecular flexibility index (Phi) is 6.40. The minimum atomic E-state index is -3.83. The zero-order valence-corrected chi connectivity index (χ0v) is 17.8. The lowest BCUT2D eigenvalue weighted by molar-refractivity contribution is -0.128. The molecule has 0 radical (unpaired) electrons. The smallest absolute Gasteiger partial charge is 0.287 e. The Balaban J connectivity index is 1.50. The molecule has 0 aliphatic carbocycles. The number of hydrogen-bond donors (Lipinski definition) is 1. The van der Waals surface area contributed by atoms with Crippen LogP contribution in [0.4, 0.5) is 0 Å². The van der Waals surface area contributed by atoms with E-state index in [0.717, 1.165) is 12.0 Å². The molecule has 0 saturated carbocycles. The fourth-order valence-electron chi connectivity index (χ4n) is 3.76. The van der Waals surface area contributed by atoms with E-state index < -0.39 is 22.0 Å². The molecule has 10 heteroatoms. The Labute approximate surface area is 181 Å². The molecule has 0 spiro atoms. The number of nitrogens with one attached hydrogen (secondary N) is 1. The molecule has 9 nitrogen and oxygen atoms in total. The Morgan fingerprint density at radius 2 is 1.81 bits per heavy atom. The van der Waals surface area contributed by atoms with Crippen molar-refractivity contribution in [3.63, 3.8) is 0 Å². The van der Waals surface area contributed by atoms with Crippen LogP contribution in [0.25, 0.3) is 0 Å². The second kappa shape index (κ2) is 9.21. The number of rotatable bonds is 7. The molecular formula is C21H25N3O6S. The standard InChI is InChI=1S/C21H25N3O6S/c25-19-7-4-10-23(19)15-17(16-5-2-1-3-6-16)22-21(26)18-8-9-20(30-18)31(27,28)24-11-13-29-14-12-24/h1-3,5-6,8-9,17H,4,7,10-15H2,(H,22,26)/t17-/m1/s1. The monoisotopic (exact) mass is 447 g/mol. The molecule has 2 fully saturated rings. The molecule has 1 aromatic carbocycles. The van der Waals surface area contributed by atoms with Crippen molar-refractivity contribution >= 4 is 21.8 Å². The zero-order chi connectivity index (χ0) is 21.8. The average molecular weight is 448 g/mol. The topological polar surface area (TPSA) is 109 Å². The number of nitrogens with zero attached hydrogens (tertiary/aromatic N) is 2. The van der Waals surface area contributed by atoms with Gasteiger partial charge in [0.2, 0.25) is 11.0 Å². The average Bonchev–Trinajstić information content (AvgIpc) is 3.44. The molecule has 31 heavy (non-hydrogen) atoms. The lowest BCUT2D eigenvalue weighted by atomic mass is 10.1. The van der Waals surface area contributed by atoms with Gasteiger partial charge < -0.3 is 19.4 Å². The zero-order valence-electron chi connectivity index (χ0n) is 17.0. The van der Waals surface area contributed by atoms with Crippen molar-refractivity contribution in [2.75, 3.05) is 39.4 Å². The number of carbonyl (C=O) groups is 2. The molecule has 3 heterocycles. The van der Waals surface area contributed by atoms with E-state index >= 15 is 0 Å². The predicted octanol–water partition coefficient (Wildman–Crippen LogP) is 1.39. The third-order valence-electron chi connectivity index (χ3n) is 5.45. The number of furan rings is 1. The van der Waals surface area contributed by atoms with Crippen molar-refractivity contribution in [3.8, 4) is 0 Å². The first kappa shape index (κ1) is 21.5. The molecule has 1 N–H and O–H groups in total. The molecule has 166 valence electrons. The van der Waals surface area contributed by atoms with Gasteiger partial charge in [0.05, 0.1) is 19.3 Å². The number of likely N-dealkylation sites (tertiary alicyclic amines) is 1. The normalized spacial score (nSPS) is 18.8. The van der Waals surface area contributed by atoms with Gasteiger partial charge in [0.15, 0.2) is 5.76 Å². The summed E-state index contributed by atoms with van der Waals surface area (Å²) >= 11 is 0. The fraction of sp³-hybridized carbons (Fsp3) is 0.429. The minimum Gasteiger partial charge on any atom is -0.438 e. The number of ether oxygens (including phenoxy) is 1.